The summed E-state index contributed by atoms with van der Waals surface area (Å²) in [5.41, 5.74) is 14.7. The highest BCUT2D eigenvalue weighted by molar-refractivity contribution is 6.22. The zero-order valence-corrected chi connectivity index (χ0v) is 31.2. The first-order valence-corrected chi connectivity index (χ1v) is 19.6. The van der Waals surface area contributed by atoms with Crippen molar-refractivity contribution >= 4 is 65.0 Å². The van der Waals surface area contributed by atoms with Crippen LogP contribution in [0.25, 0.3) is 110 Å². The van der Waals surface area contributed by atoms with Gasteiger partial charge in [0.2, 0.25) is 0 Å². The molecule has 0 saturated carbocycles. The lowest BCUT2D eigenvalue weighted by molar-refractivity contribution is 0.660. The van der Waals surface area contributed by atoms with Gasteiger partial charge in [-0.25, -0.2) is 0 Å². The van der Waals surface area contributed by atoms with Crippen molar-refractivity contribution in [3.63, 3.8) is 0 Å². The summed E-state index contributed by atoms with van der Waals surface area (Å²) in [6.45, 7) is 4.74. The van der Waals surface area contributed by atoms with Gasteiger partial charge >= 0.3 is 0 Å². The van der Waals surface area contributed by atoms with Crippen LogP contribution in [-0.4, -0.2) is 0 Å². The van der Waals surface area contributed by atoms with Crippen molar-refractivity contribution in [3.05, 3.63) is 193 Å². The molecule has 12 rings (SSSR count). The Morgan fingerprint density at radius 3 is 1.59 bits per heavy atom. The topological polar surface area (TPSA) is 13.1 Å². The number of para-hydroxylation sites is 1. The maximum atomic E-state index is 6.47. The molecule has 1 aromatic heterocycles. The van der Waals surface area contributed by atoms with E-state index in [1.807, 2.05) is 6.07 Å². The number of rotatable bonds is 3. The van der Waals surface area contributed by atoms with Crippen molar-refractivity contribution in [1.29, 1.82) is 0 Å². The molecular weight excluding hydrogens is 677 g/mol. The van der Waals surface area contributed by atoms with E-state index in [-0.39, 0.29) is 5.41 Å². The highest BCUT2D eigenvalue weighted by Gasteiger charge is 2.37. The largest absolute Gasteiger partial charge is 0.455 e. The van der Waals surface area contributed by atoms with Crippen LogP contribution in [0.3, 0.4) is 0 Å². The summed E-state index contributed by atoms with van der Waals surface area (Å²) >= 11 is 0. The minimum atomic E-state index is -0.137. The molecule has 0 saturated heterocycles. The van der Waals surface area contributed by atoms with Crippen molar-refractivity contribution in [2.24, 2.45) is 0 Å². The molecule has 1 aliphatic carbocycles. The van der Waals surface area contributed by atoms with Gasteiger partial charge in [0.1, 0.15) is 11.2 Å². The monoisotopic (exact) mass is 712 g/mol. The van der Waals surface area contributed by atoms with Crippen molar-refractivity contribution in [2.75, 3.05) is 0 Å². The molecule has 262 valence electrons. The Kier molecular flexibility index (Phi) is 6.46. The number of furan rings is 1. The Bertz CT molecular complexity index is 3370. The predicted octanol–water partition coefficient (Wildman–Crippen LogP) is 15.5. The van der Waals surface area contributed by atoms with Crippen LogP contribution in [0, 0.1) is 0 Å². The van der Waals surface area contributed by atoms with Crippen LogP contribution in [-0.2, 0) is 5.41 Å². The van der Waals surface area contributed by atoms with Crippen molar-refractivity contribution in [1.82, 2.24) is 0 Å². The number of fused-ring (bicyclic) bond motifs is 12. The van der Waals surface area contributed by atoms with E-state index in [1.54, 1.807) is 0 Å². The molecule has 1 heterocycles. The Morgan fingerprint density at radius 1 is 0.339 bits per heavy atom. The molecule has 0 radical (unpaired) electrons. The Hall–Kier alpha value is -6.96. The molecule has 10 aromatic carbocycles. The molecule has 56 heavy (non-hydrogen) atoms. The quantitative estimate of drug-likeness (QED) is 0.166. The fourth-order valence-electron chi connectivity index (χ4n) is 9.93. The first-order valence-electron chi connectivity index (χ1n) is 19.6. The summed E-state index contributed by atoms with van der Waals surface area (Å²) in [4.78, 5) is 0. The van der Waals surface area contributed by atoms with Gasteiger partial charge in [0.25, 0.3) is 0 Å². The van der Waals surface area contributed by atoms with Crippen molar-refractivity contribution in [3.8, 4) is 44.5 Å². The minimum Gasteiger partial charge on any atom is -0.455 e. The standard InChI is InChI=1S/C55H36O/c1-55(2)48-30-29-46-44(27-28-45-39-13-9-10-18-50(39)56-54(45)46)53(48)47-26-25-37(32-49(47)55)34-19-22-35(23-20-34)51-40-14-5-7-16-42(40)52(43-17-8-6-15-41(43)51)38-24-21-33-11-3-4-12-36(33)31-38/h3-32H,1-2H3. The second-order valence-corrected chi connectivity index (χ2v) is 16.0. The maximum absolute atomic E-state index is 6.47. The van der Waals surface area contributed by atoms with Crippen LogP contribution in [0.2, 0.25) is 0 Å². The fourth-order valence-corrected chi connectivity index (χ4v) is 9.93. The van der Waals surface area contributed by atoms with Crippen LogP contribution >= 0.6 is 0 Å². The van der Waals surface area contributed by atoms with Gasteiger partial charge in [0.05, 0.1) is 0 Å². The summed E-state index contributed by atoms with van der Waals surface area (Å²) in [7, 11) is 0. The van der Waals surface area contributed by atoms with Crippen LogP contribution < -0.4 is 0 Å². The summed E-state index contributed by atoms with van der Waals surface area (Å²) in [5.74, 6) is 0. The van der Waals surface area contributed by atoms with Gasteiger partial charge in [-0.05, 0) is 118 Å². The lowest BCUT2D eigenvalue weighted by atomic mass is 9.81. The second kappa shape index (κ2) is 11.5. The third-order valence-electron chi connectivity index (χ3n) is 12.7. The summed E-state index contributed by atoms with van der Waals surface area (Å²) in [5, 5.41) is 12.4. The van der Waals surface area contributed by atoms with Crippen LogP contribution in [0.4, 0.5) is 0 Å². The molecule has 0 spiro atoms. The average molecular weight is 713 g/mol. The molecule has 1 nitrogen and oxygen atoms in total. The Balaban J connectivity index is 0.974. The third-order valence-corrected chi connectivity index (χ3v) is 12.7. The normalized spacial score (nSPS) is 13.3. The number of benzene rings is 10. The molecule has 0 bridgehead atoms. The minimum absolute atomic E-state index is 0.137. The summed E-state index contributed by atoms with van der Waals surface area (Å²) in [6, 6.07) is 67.2. The van der Waals surface area contributed by atoms with Crippen LogP contribution in [0.15, 0.2) is 186 Å². The molecule has 1 aliphatic rings. The molecule has 11 aromatic rings. The van der Waals surface area contributed by atoms with E-state index in [0.717, 1.165) is 11.2 Å². The molecule has 0 amide bonds. The number of hydrogen-bond donors (Lipinski definition) is 0. The lowest BCUT2D eigenvalue weighted by Gasteiger charge is -2.22. The van der Waals surface area contributed by atoms with Gasteiger partial charge < -0.3 is 4.42 Å². The fraction of sp³-hybridized carbons (Fsp3) is 0.0545. The zero-order valence-electron chi connectivity index (χ0n) is 31.2. The van der Waals surface area contributed by atoms with Crippen molar-refractivity contribution < 1.29 is 4.42 Å². The highest BCUT2D eigenvalue weighted by Crippen LogP contribution is 2.53. The van der Waals surface area contributed by atoms with Gasteiger partial charge in [0.15, 0.2) is 0 Å². The first kappa shape index (κ1) is 31.4. The van der Waals surface area contributed by atoms with Gasteiger partial charge in [-0.3, -0.25) is 0 Å². The van der Waals surface area contributed by atoms with Gasteiger partial charge in [-0.2, -0.15) is 0 Å². The smallest absolute Gasteiger partial charge is 0.143 e. The van der Waals surface area contributed by atoms with E-state index in [1.165, 1.54) is 109 Å². The van der Waals surface area contributed by atoms with Gasteiger partial charge in [-0.15, -0.1) is 0 Å². The molecule has 0 atom stereocenters. The molecule has 0 aliphatic heterocycles. The lowest BCUT2D eigenvalue weighted by Crippen LogP contribution is -2.15. The van der Waals surface area contributed by atoms with Gasteiger partial charge in [0, 0.05) is 21.6 Å². The van der Waals surface area contributed by atoms with E-state index in [0.29, 0.717) is 0 Å². The second-order valence-electron chi connectivity index (χ2n) is 16.0. The highest BCUT2D eigenvalue weighted by atomic mass is 16.3. The van der Waals surface area contributed by atoms with Crippen LogP contribution in [0.5, 0.6) is 0 Å². The van der Waals surface area contributed by atoms with Crippen molar-refractivity contribution in [2.45, 2.75) is 19.3 Å². The molecule has 1 heteroatoms. The van der Waals surface area contributed by atoms with E-state index in [4.69, 9.17) is 4.42 Å². The summed E-state index contributed by atoms with van der Waals surface area (Å²) < 4.78 is 6.47. The number of hydrogen-bond acceptors (Lipinski definition) is 1. The maximum Gasteiger partial charge on any atom is 0.143 e. The SMILES string of the molecule is CC1(C)c2cc(-c3ccc(-c4c5ccccc5c(-c5ccc6ccccc6c5)c5ccccc45)cc3)ccc2-c2c1ccc1c2ccc2c3ccccc3oc12. The average Bonchev–Trinajstić information content (AvgIpc) is 3.74. The van der Waals surface area contributed by atoms with Gasteiger partial charge in [-0.1, -0.05) is 172 Å². The Morgan fingerprint density at radius 2 is 0.857 bits per heavy atom. The van der Waals surface area contributed by atoms with E-state index < -0.39 is 0 Å². The molecule has 0 unspecified atom stereocenters. The molecule has 0 fully saturated rings. The zero-order chi connectivity index (χ0) is 37.1. The predicted molar refractivity (Wildman–Crippen MR) is 238 cm³/mol. The molecular formula is C55H36O. The Labute approximate surface area is 325 Å². The van der Waals surface area contributed by atoms with E-state index >= 15 is 0 Å². The van der Waals surface area contributed by atoms with E-state index in [2.05, 4.69) is 190 Å². The third kappa shape index (κ3) is 4.37. The molecule has 0 N–H and O–H groups in total. The van der Waals surface area contributed by atoms with Crippen LogP contribution in [0.1, 0.15) is 25.0 Å². The van der Waals surface area contributed by atoms with E-state index in [9.17, 15) is 0 Å². The summed E-state index contributed by atoms with van der Waals surface area (Å²) in [6.07, 6.45) is 0. The first-order chi connectivity index (χ1) is 27.5.